The molecule has 27 heavy (non-hydrogen) atoms. The third-order valence-corrected chi connectivity index (χ3v) is 5.75. The minimum absolute atomic E-state index is 0.102. The fourth-order valence-corrected chi connectivity index (χ4v) is 3.90. The normalized spacial score (nSPS) is 16.2. The van der Waals surface area contributed by atoms with Crippen molar-refractivity contribution in [2.45, 2.75) is 41.7 Å². The van der Waals surface area contributed by atoms with Gasteiger partial charge in [-0.3, -0.25) is 10.1 Å². The minimum Gasteiger partial charge on any atom is -0.388 e. The Morgan fingerprint density at radius 3 is 2.59 bits per heavy atom. The topological polar surface area (TPSA) is 84.6 Å². The number of benzene rings is 2. The van der Waals surface area contributed by atoms with Crippen LogP contribution in [-0.2, 0) is 11.3 Å². The molecule has 6 nitrogen and oxygen atoms in total. The largest absolute Gasteiger partial charge is 0.388 e. The average molecular weight is 388 g/mol. The number of hydrogen-bond acceptors (Lipinski definition) is 6. The van der Waals surface area contributed by atoms with Gasteiger partial charge in [-0.1, -0.05) is 35.5 Å². The van der Waals surface area contributed by atoms with E-state index in [1.807, 2.05) is 37.3 Å². The molecule has 2 N–H and O–H groups in total. The third kappa shape index (κ3) is 5.52. The van der Waals surface area contributed by atoms with Gasteiger partial charge in [0.25, 0.3) is 5.69 Å². The van der Waals surface area contributed by atoms with Crippen molar-refractivity contribution in [2.75, 3.05) is 19.8 Å². The van der Waals surface area contributed by atoms with E-state index in [4.69, 9.17) is 4.74 Å². The Balaban J connectivity index is 1.66. The second-order valence-electron chi connectivity index (χ2n) is 6.91. The van der Waals surface area contributed by atoms with Crippen molar-refractivity contribution < 1.29 is 14.8 Å². The Kier molecular flexibility index (Phi) is 6.49. The number of aryl methyl sites for hydroxylation is 1. The molecule has 2 aromatic rings. The van der Waals surface area contributed by atoms with E-state index in [0.29, 0.717) is 44.0 Å². The SMILES string of the molecule is Cc1ccc(Sc2ccc(CNCC3(O)CCOCC3)cc2[N+](=O)[O-])cc1. The predicted molar refractivity (Wildman–Crippen MR) is 105 cm³/mol. The average Bonchev–Trinajstić information content (AvgIpc) is 2.65. The number of rotatable bonds is 7. The van der Waals surface area contributed by atoms with Gasteiger partial charge in [0.2, 0.25) is 0 Å². The standard InChI is InChI=1S/C20H24N2O4S/c1-15-2-5-17(6-3-15)27-19-7-4-16(12-18(19)22(24)25)13-21-14-20(23)8-10-26-11-9-20/h2-7,12,21,23H,8-11,13-14H2,1H3. The fourth-order valence-electron chi connectivity index (χ4n) is 3.00. The van der Waals surface area contributed by atoms with Crippen LogP contribution in [0.5, 0.6) is 0 Å². The zero-order chi connectivity index (χ0) is 19.3. The van der Waals surface area contributed by atoms with Gasteiger partial charge in [-0.15, -0.1) is 0 Å². The first-order chi connectivity index (χ1) is 13.0. The smallest absolute Gasteiger partial charge is 0.283 e. The zero-order valence-corrected chi connectivity index (χ0v) is 16.1. The second kappa shape index (κ2) is 8.84. The Bertz CT molecular complexity index is 789. The van der Waals surface area contributed by atoms with E-state index in [1.165, 1.54) is 11.8 Å². The van der Waals surface area contributed by atoms with Crippen LogP contribution in [0.25, 0.3) is 0 Å². The first-order valence-electron chi connectivity index (χ1n) is 8.98. The first-order valence-corrected chi connectivity index (χ1v) is 9.80. The molecule has 1 fully saturated rings. The number of aliphatic hydroxyl groups is 1. The molecule has 0 atom stereocenters. The summed E-state index contributed by atoms with van der Waals surface area (Å²) in [6.45, 7) is 4.06. The monoisotopic (exact) mass is 388 g/mol. The molecular formula is C20H24N2O4S. The van der Waals surface area contributed by atoms with E-state index in [1.54, 1.807) is 12.1 Å². The maximum Gasteiger partial charge on any atom is 0.283 e. The lowest BCUT2D eigenvalue weighted by Crippen LogP contribution is -2.44. The summed E-state index contributed by atoms with van der Waals surface area (Å²) >= 11 is 1.39. The van der Waals surface area contributed by atoms with Gasteiger partial charge < -0.3 is 15.2 Å². The van der Waals surface area contributed by atoms with E-state index in [0.717, 1.165) is 16.0 Å². The van der Waals surface area contributed by atoms with E-state index in [2.05, 4.69) is 5.32 Å². The van der Waals surface area contributed by atoms with E-state index in [9.17, 15) is 15.2 Å². The van der Waals surface area contributed by atoms with Gasteiger partial charge in [0.1, 0.15) is 0 Å². The lowest BCUT2D eigenvalue weighted by Gasteiger charge is -2.32. The van der Waals surface area contributed by atoms with Gasteiger partial charge in [-0.2, -0.15) is 0 Å². The summed E-state index contributed by atoms with van der Waals surface area (Å²) in [6.07, 6.45) is 1.21. The summed E-state index contributed by atoms with van der Waals surface area (Å²) in [6, 6.07) is 13.2. The number of nitrogens with one attached hydrogen (secondary N) is 1. The maximum atomic E-state index is 11.5. The highest BCUT2D eigenvalue weighted by Gasteiger charge is 2.29. The van der Waals surface area contributed by atoms with Gasteiger partial charge in [-0.05, 0) is 30.7 Å². The highest BCUT2D eigenvalue weighted by molar-refractivity contribution is 7.99. The summed E-state index contributed by atoms with van der Waals surface area (Å²) in [5.74, 6) is 0. The molecule has 0 bridgehead atoms. The van der Waals surface area contributed by atoms with Crippen LogP contribution in [-0.4, -0.2) is 35.4 Å². The molecule has 144 valence electrons. The maximum absolute atomic E-state index is 11.5. The van der Waals surface area contributed by atoms with Crippen molar-refractivity contribution >= 4 is 17.4 Å². The Morgan fingerprint density at radius 2 is 1.93 bits per heavy atom. The van der Waals surface area contributed by atoms with Crippen molar-refractivity contribution in [3.8, 4) is 0 Å². The molecule has 0 aromatic heterocycles. The van der Waals surface area contributed by atoms with Gasteiger partial charge in [0, 0.05) is 50.1 Å². The molecule has 0 amide bonds. The van der Waals surface area contributed by atoms with Crippen LogP contribution in [0.3, 0.4) is 0 Å². The lowest BCUT2D eigenvalue weighted by atomic mass is 9.94. The molecule has 3 rings (SSSR count). The summed E-state index contributed by atoms with van der Waals surface area (Å²) < 4.78 is 5.28. The van der Waals surface area contributed by atoms with Crippen molar-refractivity contribution in [1.82, 2.24) is 5.32 Å². The molecule has 0 aliphatic carbocycles. The Labute approximate surface area is 163 Å². The molecule has 1 heterocycles. The molecule has 0 unspecified atom stereocenters. The minimum atomic E-state index is -0.759. The molecule has 0 saturated carbocycles. The van der Waals surface area contributed by atoms with E-state index in [-0.39, 0.29) is 10.6 Å². The third-order valence-electron chi connectivity index (χ3n) is 4.68. The summed E-state index contributed by atoms with van der Waals surface area (Å²) in [4.78, 5) is 12.8. The zero-order valence-electron chi connectivity index (χ0n) is 15.3. The van der Waals surface area contributed by atoms with Gasteiger partial charge in [-0.25, -0.2) is 0 Å². The first kappa shape index (κ1) is 19.8. The molecule has 1 aliphatic rings. The second-order valence-corrected chi connectivity index (χ2v) is 8.03. The molecule has 2 aromatic carbocycles. The van der Waals surface area contributed by atoms with E-state index < -0.39 is 5.60 Å². The molecule has 1 saturated heterocycles. The van der Waals surface area contributed by atoms with Crippen LogP contribution in [0, 0.1) is 17.0 Å². The van der Waals surface area contributed by atoms with Crippen LogP contribution >= 0.6 is 11.8 Å². The van der Waals surface area contributed by atoms with Gasteiger partial charge in [0.05, 0.1) is 15.4 Å². The van der Waals surface area contributed by atoms with Gasteiger partial charge in [0.15, 0.2) is 0 Å². The predicted octanol–water partition coefficient (Wildman–Crippen LogP) is 3.69. The molecule has 7 heteroatoms. The summed E-state index contributed by atoms with van der Waals surface area (Å²) in [7, 11) is 0. The quantitative estimate of drug-likeness (QED) is 0.556. The lowest BCUT2D eigenvalue weighted by molar-refractivity contribution is -0.387. The Hall–Kier alpha value is -1.93. The van der Waals surface area contributed by atoms with Crippen molar-refractivity contribution in [3.63, 3.8) is 0 Å². The number of nitro benzene ring substituents is 1. The number of hydrogen-bond donors (Lipinski definition) is 2. The number of nitro groups is 1. The molecule has 1 aliphatic heterocycles. The van der Waals surface area contributed by atoms with Crippen LogP contribution < -0.4 is 5.32 Å². The number of ether oxygens (including phenoxy) is 1. The van der Waals surface area contributed by atoms with Crippen molar-refractivity contribution in [1.29, 1.82) is 0 Å². The van der Waals surface area contributed by atoms with E-state index >= 15 is 0 Å². The van der Waals surface area contributed by atoms with Crippen LogP contribution in [0.1, 0.15) is 24.0 Å². The molecular weight excluding hydrogens is 364 g/mol. The van der Waals surface area contributed by atoms with Crippen LogP contribution in [0.2, 0.25) is 0 Å². The summed E-state index contributed by atoms with van der Waals surface area (Å²) in [5.41, 5.74) is 1.32. The highest BCUT2D eigenvalue weighted by Crippen LogP contribution is 2.35. The molecule has 0 radical (unpaired) electrons. The highest BCUT2D eigenvalue weighted by atomic mass is 32.2. The van der Waals surface area contributed by atoms with Gasteiger partial charge >= 0.3 is 0 Å². The fraction of sp³-hybridized carbons (Fsp3) is 0.400. The van der Waals surface area contributed by atoms with Crippen LogP contribution in [0.15, 0.2) is 52.3 Å². The van der Waals surface area contributed by atoms with Crippen molar-refractivity contribution in [3.05, 3.63) is 63.7 Å². The van der Waals surface area contributed by atoms with Crippen molar-refractivity contribution in [2.24, 2.45) is 0 Å². The molecule has 0 spiro atoms. The Morgan fingerprint density at radius 1 is 1.22 bits per heavy atom. The number of nitrogens with zero attached hydrogens (tertiary/aromatic N) is 1. The summed E-state index contributed by atoms with van der Waals surface area (Å²) in [5, 5.41) is 25.2. The van der Waals surface area contributed by atoms with Crippen LogP contribution in [0.4, 0.5) is 5.69 Å².